The Bertz CT molecular complexity index is 258. The predicted octanol–water partition coefficient (Wildman–Crippen LogP) is 2.41. The van der Waals surface area contributed by atoms with Crippen LogP contribution in [0.5, 0.6) is 0 Å². The molecular weight excluding hydrogens is 236 g/mol. The number of hydrogen-bond acceptors (Lipinski definition) is 3. The van der Waals surface area contributed by atoms with Gasteiger partial charge in [-0.3, -0.25) is 0 Å². The molecule has 68 valence electrons. The summed E-state index contributed by atoms with van der Waals surface area (Å²) in [6.45, 7) is 3.00. The van der Waals surface area contributed by atoms with Crippen molar-refractivity contribution in [3.63, 3.8) is 0 Å². The summed E-state index contributed by atoms with van der Waals surface area (Å²) in [5.41, 5.74) is 1.16. The van der Waals surface area contributed by atoms with Gasteiger partial charge in [-0.05, 0) is 21.0 Å². The molecule has 0 aliphatic rings. The van der Waals surface area contributed by atoms with Crippen molar-refractivity contribution < 1.29 is 0 Å². The summed E-state index contributed by atoms with van der Waals surface area (Å²) < 4.78 is 0. The first-order valence-electron chi connectivity index (χ1n) is 3.79. The maximum atomic E-state index is 4.47. The molecule has 1 aromatic heterocycles. The summed E-state index contributed by atoms with van der Waals surface area (Å²) in [5.74, 6) is 0. The fraction of sp³-hybridized carbons (Fsp3) is 0.625. The van der Waals surface area contributed by atoms with Crippen LogP contribution >= 0.6 is 27.3 Å². The smallest absolute Gasteiger partial charge is 0.107 e. The van der Waals surface area contributed by atoms with Gasteiger partial charge in [-0.15, -0.1) is 11.3 Å². The van der Waals surface area contributed by atoms with Gasteiger partial charge in [0.15, 0.2) is 0 Å². The third kappa shape index (κ3) is 2.54. The van der Waals surface area contributed by atoms with Gasteiger partial charge in [0.1, 0.15) is 5.01 Å². The van der Waals surface area contributed by atoms with E-state index in [9.17, 15) is 0 Å². The molecule has 1 heterocycles. The van der Waals surface area contributed by atoms with Crippen molar-refractivity contribution in [1.29, 1.82) is 0 Å². The highest BCUT2D eigenvalue weighted by Gasteiger charge is 2.06. The van der Waals surface area contributed by atoms with Crippen LogP contribution in [0.2, 0.25) is 0 Å². The molecule has 4 heteroatoms. The van der Waals surface area contributed by atoms with Gasteiger partial charge in [0.05, 0.1) is 5.69 Å². The molecule has 0 N–H and O–H groups in total. The van der Waals surface area contributed by atoms with Gasteiger partial charge in [-0.1, -0.05) is 15.9 Å². The minimum absolute atomic E-state index is 0.921. The summed E-state index contributed by atoms with van der Waals surface area (Å²) in [5, 5.41) is 2.12. The second kappa shape index (κ2) is 4.35. The molecule has 0 aromatic carbocycles. The Kier molecular flexibility index (Phi) is 3.68. The Hall–Kier alpha value is 0.0700. The summed E-state index contributed by atoms with van der Waals surface area (Å²) >= 11 is 5.23. The average molecular weight is 249 g/mol. The van der Waals surface area contributed by atoms with Crippen LogP contribution in [0, 0.1) is 6.92 Å². The molecule has 2 nitrogen and oxygen atoms in total. The highest BCUT2D eigenvalue weighted by atomic mass is 79.9. The maximum absolute atomic E-state index is 4.47. The molecule has 12 heavy (non-hydrogen) atoms. The number of hydrogen-bond donors (Lipinski definition) is 0. The molecule has 1 rings (SSSR count). The lowest BCUT2D eigenvalue weighted by Crippen LogP contribution is -2.10. The van der Waals surface area contributed by atoms with Crippen molar-refractivity contribution in [3.8, 4) is 0 Å². The van der Waals surface area contributed by atoms with Crippen LogP contribution in [0.3, 0.4) is 0 Å². The maximum Gasteiger partial charge on any atom is 0.107 e. The van der Waals surface area contributed by atoms with Crippen LogP contribution in [-0.4, -0.2) is 24.0 Å². The first-order valence-corrected chi connectivity index (χ1v) is 5.73. The van der Waals surface area contributed by atoms with Crippen molar-refractivity contribution in [3.05, 3.63) is 15.6 Å². The Morgan fingerprint density at radius 3 is 2.58 bits per heavy atom. The number of alkyl halides is 1. The number of nitrogens with zero attached hydrogens (tertiary/aromatic N) is 2. The van der Waals surface area contributed by atoms with Gasteiger partial charge in [-0.25, -0.2) is 4.98 Å². The quantitative estimate of drug-likeness (QED) is 0.765. The molecule has 0 aliphatic carbocycles. The van der Waals surface area contributed by atoms with Gasteiger partial charge in [0, 0.05) is 16.8 Å². The molecule has 0 fully saturated rings. The minimum atomic E-state index is 0.921. The number of halogens is 1. The first kappa shape index (κ1) is 10.2. The lowest BCUT2D eigenvalue weighted by Gasteiger charge is -2.04. The van der Waals surface area contributed by atoms with Crippen LogP contribution in [0.25, 0.3) is 0 Å². The van der Waals surface area contributed by atoms with E-state index in [0.717, 1.165) is 17.6 Å². The van der Waals surface area contributed by atoms with Gasteiger partial charge in [-0.2, -0.15) is 0 Å². The molecule has 1 aromatic rings. The van der Waals surface area contributed by atoms with Gasteiger partial charge >= 0.3 is 0 Å². The SMILES string of the molecule is Cc1nc(CN(C)C)sc1CBr. The number of thiazole rings is 1. The van der Waals surface area contributed by atoms with Crippen LogP contribution in [0.4, 0.5) is 0 Å². The zero-order valence-electron chi connectivity index (χ0n) is 7.59. The van der Waals surface area contributed by atoms with Gasteiger partial charge in [0.25, 0.3) is 0 Å². The van der Waals surface area contributed by atoms with E-state index in [1.807, 2.05) is 0 Å². The molecule has 0 spiro atoms. The van der Waals surface area contributed by atoms with Crippen molar-refractivity contribution in [2.24, 2.45) is 0 Å². The highest BCUT2D eigenvalue weighted by Crippen LogP contribution is 2.21. The van der Waals surface area contributed by atoms with Crippen LogP contribution < -0.4 is 0 Å². The highest BCUT2D eigenvalue weighted by molar-refractivity contribution is 9.08. The second-order valence-corrected chi connectivity index (χ2v) is 4.72. The van der Waals surface area contributed by atoms with E-state index in [4.69, 9.17) is 0 Å². The first-order chi connectivity index (χ1) is 5.63. The minimum Gasteiger partial charge on any atom is -0.303 e. The molecule has 0 amide bonds. The summed E-state index contributed by atoms with van der Waals surface area (Å²) in [6.07, 6.45) is 0. The van der Waals surface area contributed by atoms with Crippen molar-refractivity contribution in [2.75, 3.05) is 14.1 Å². The van der Waals surface area contributed by atoms with E-state index in [2.05, 4.69) is 46.8 Å². The van der Waals surface area contributed by atoms with Crippen molar-refractivity contribution >= 4 is 27.3 Å². The van der Waals surface area contributed by atoms with E-state index >= 15 is 0 Å². The molecule has 0 radical (unpaired) electrons. The average Bonchev–Trinajstić information content (AvgIpc) is 2.29. The predicted molar refractivity (Wildman–Crippen MR) is 56.9 cm³/mol. The number of rotatable bonds is 3. The molecular formula is C8H13BrN2S. The lowest BCUT2D eigenvalue weighted by molar-refractivity contribution is 0.401. The molecule has 0 atom stereocenters. The topological polar surface area (TPSA) is 16.1 Å². The zero-order chi connectivity index (χ0) is 9.14. The summed E-state index contributed by atoms with van der Waals surface area (Å²) in [6, 6.07) is 0. The molecule has 0 unspecified atom stereocenters. The van der Waals surface area contributed by atoms with Gasteiger partial charge < -0.3 is 4.90 Å². The van der Waals surface area contributed by atoms with E-state index < -0.39 is 0 Å². The van der Waals surface area contributed by atoms with E-state index in [-0.39, 0.29) is 0 Å². The van der Waals surface area contributed by atoms with E-state index in [0.29, 0.717) is 0 Å². The summed E-state index contributed by atoms with van der Waals surface area (Å²) in [7, 11) is 4.12. The largest absolute Gasteiger partial charge is 0.303 e. The normalized spacial score (nSPS) is 11.1. The lowest BCUT2D eigenvalue weighted by atomic mass is 10.4. The van der Waals surface area contributed by atoms with Crippen molar-refractivity contribution in [2.45, 2.75) is 18.8 Å². The van der Waals surface area contributed by atoms with Crippen LogP contribution in [-0.2, 0) is 11.9 Å². The Morgan fingerprint density at radius 1 is 1.50 bits per heavy atom. The fourth-order valence-corrected chi connectivity index (χ4v) is 2.74. The molecule has 0 saturated heterocycles. The number of aromatic nitrogens is 1. The van der Waals surface area contributed by atoms with Gasteiger partial charge in [0.2, 0.25) is 0 Å². The van der Waals surface area contributed by atoms with Crippen molar-refractivity contribution in [1.82, 2.24) is 9.88 Å². The molecule has 0 aliphatic heterocycles. The fourth-order valence-electron chi connectivity index (χ4n) is 0.950. The zero-order valence-corrected chi connectivity index (χ0v) is 10.00. The van der Waals surface area contributed by atoms with Crippen LogP contribution in [0.15, 0.2) is 0 Å². The van der Waals surface area contributed by atoms with Crippen LogP contribution in [0.1, 0.15) is 15.6 Å². The second-order valence-electron chi connectivity index (χ2n) is 2.99. The van der Waals surface area contributed by atoms with E-state index in [1.54, 1.807) is 11.3 Å². The third-order valence-electron chi connectivity index (χ3n) is 1.51. The molecule has 0 saturated carbocycles. The third-order valence-corrected chi connectivity index (χ3v) is 3.58. The molecule has 0 bridgehead atoms. The Morgan fingerprint density at radius 2 is 2.17 bits per heavy atom. The monoisotopic (exact) mass is 248 g/mol. The Balaban J connectivity index is 2.75. The van der Waals surface area contributed by atoms with E-state index in [1.165, 1.54) is 9.88 Å². The standard InChI is InChI=1S/C8H13BrN2S/c1-6-7(4-9)12-8(10-6)5-11(2)3/h4-5H2,1-3H3. The summed E-state index contributed by atoms with van der Waals surface area (Å²) in [4.78, 5) is 7.94. The Labute approximate surface area is 85.7 Å². The number of aryl methyl sites for hydroxylation is 1.